The number of hydrogen-bond donors (Lipinski definition) is 2. The first kappa shape index (κ1) is 15.2. The molecule has 0 saturated carbocycles. The molecule has 1 fully saturated rings. The lowest BCUT2D eigenvalue weighted by Gasteiger charge is -2.39. The van der Waals surface area contributed by atoms with Crippen LogP contribution in [0.15, 0.2) is 18.5 Å². The summed E-state index contributed by atoms with van der Waals surface area (Å²) < 4.78 is 0. The normalized spacial score (nSPS) is 21.9. The zero-order valence-electron chi connectivity index (χ0n) is 12.1. The Morgan fingerprint density at radius 3 is 2.76 bits per heavy atom. The molecule has 1 aromatic heterocycles. The van der Waals surface area contributed by atoms with Gasteiger partial charge in [-0.15, -0.1) is 0 Å². The first-order valence-electron chi connectivity index (χ1n) is 7.14. The number of nitrogens with zero attached hydrogens (tertiary/aromatic N) is 3. The van der Waals surface area contributed by atoms with Crippen LogP contribution in [0.4, 0.5) is 10.7 Å². The third kappa shape index (κ3) is 3.48. The van der Waals surface area contributed by atoms with E-state index in [4.69, 9.17) is 0 Å². The van der Waals surface area contributed by atoms with Crippen LogP contribution in [0.5, 0.6) is 0 Å². The molecule has 2 heterocycles. The number of carbonyl (C=O) groups excluding carboxylic acids is 1. The number of hydrogen-bond acceptors (Lipinski definition) is 4. The summed E-state index contributed by atoms with van der Waals surface area (Å²) in [6, 6.07) is 1.32. The largest absolute Gasteiger partial charge is 0.481 e. The lowest BCUT2D eigenvalue weighted by molar-refractivity contribution is -0.152. The van der Waals surface area contributed by atoms with Crippen molar-refractivity contribution in [2.24, 2.45) is 5.41 Å². The Morgan fingerprint density at radius 2 is 2.14 bits per heavy atom. The van der Waals surface area contributed by atoms with Crippen LogP contribution in [0.2, 0.25) is 0 Å². The summed E-state index contributed by atoms with van der Waals surface area (Å²) in [5, 5.41) is 12.1. The van der Waals surface area contributed by atoms with Gasteiger partial charge in [-0.1, -0.05) is 13.3 Å². The van der Waals surface area contributed by atoms with E-state index in [0.717, 1.165) is 6.42 Å². The maximum atomic E-state index is 12.2. The number of piperidine rings is 1. The lowest BCUT2D eigenvalue weighted by Crippen LogP contribution is -2.51. The molecule has 0 bridgehead atoms. The van der Waals surface area contributed by atoms with Gasteiger partial charge in [0.25, 0.3) is 0 Å². The molecule has 21 heavy (non-hydrogen) atoms. The molecule has 0 spiro atoms. The van der Waals surface area contributed by atoms with Gasteiger partial charge in [0.15, 0.2) is 0 Å². The summed E-state index contributed by atoms with van der Waals surface area (Å²) in [5.74, 6) is -0.595. The van der Waals surface area contributed by atoms with Gasteiger partial charge >= 0.3 is 12.0 Å². The molecular weight excluding hydrogens is 272 g/mol. The smallest absolute Gasteiger partial charge is 0.324 e. The van der Waals surface area contributed by atoms with Crippen molar-refractivity contribution in [3.63, 3.8) is 0 Å². The van der Waals surface area contributed by atoms with Gasteiger partial charge in [-0.25, -0.2) is 14.8 Å². The maximum Gasteiger partial charge on any atom is 0.324 e. The van der Waals surface area contributed by atoms with Crippen LogP contribution in [-0.2, 0) is 4.79 Å². The Bertz CT molecular complexity index is 504. The van der Waals surface area contributed by atoms with Gasteiger partial charge in [-0.05, 0) is 25.3 Å². The van der Waals surface area contributed by atoms with Crippen LogP contribution in [0.25, 0.3) is 0 Å². The first-order valence-corrected chi connectivity index (χ1v) is 7.14. The van der Waals surface area contributed by atoms with Gasteiger partial charge in [0.2, 0.25) is 5.95 Å². The van der Waals surface area contributed by atoms with Gasteiger partial charge < -0.3 is 10.0 Å². The van der Waals surface area contributed by atoms with Crippen molar-refractivity contribution in [2.75, 3.05) is 18.4 Å². The van der Waals surface area contributed by atoms with Gasteiger partial charge in [0.1, 0.15) is 0 Å². The molecule has 1 atom stereocenters. The van der Waals surface area contributed by atoms with Crippen LogP contribution in [-0.4, -0.2) is 45.1 Å². The van der Waals surface area contributed by atoms with Crippen molar-refractivity contribution in [3.8, 4) is 0 Å². The predicted octanol–water partition coefficient (Wildman–Crippen LogP) is 1.98. The standard InChI is InChI=1S/C14H20N4O3/c1-2-5-14(11(19)20)6-3-9-18(10-14)13(21)17-12-15-7-4-8-16-12/h4,7-8H,2-3,5-6,9-10H2,1H3,(H,19,20)(H,15,16,17,21). The number of likely N-dealkylation sites (tertiary alicyclic amines) is 1. The van der Waals surface area contributed by atoms with Crippen molar-refractivity contribution in [3.05, 3.63) is 18.5 Å². The Labute approximate surface area is 123 Å². The zero-order valence-corrected chi connectivity index (χ0v) is 12.1. The van der Waals surface area contributed by atoms with Crippen molar-refractivity contribution in [2.45, 2.75) is 32.6 Å². The van der Waals surface area contributed by atoms with Crippen molar-refractivity contribution in [1.29, 1.82) is 0 Å². The number of rotatable bonds is 4. The Morgan fingerprint density at radius 1 is 1.43 bits per heavy atom. The highest BCUT2D eigenvalue weighted by atomic mass is 16.4. The molecule has 1 unspecified atom stereocenters. The number of anilines is 1. The second-order valence-corrected chi connectivity index (χ2v) is 5.36. The molecule has 2 N–H and O–H groups in total. The highest BCUT2D eigenvalue weighted by molar-refractivity contribution is 5.88. The predicted molar refractivity (Wildman–Crippen MR) is 76.8 cm³/mol. The first-order chi connectivity index (χ1) is 10.1. The fourth-order valence-electron chi connectivity index (χ4n) is 2.81. The zero-order chi connectivity index (χ0) is 15.3. The molecule has 1 aromatic rings. The van der Waals surface area contributed by atoms with E-state index in [1.807, 2.05) is 6.92 Å². The molecule has 7 heteroatoms. The van der Waals surface area contributed by atoms with Gasteiger partial charge in [0, 0.05) is 25.5 Å². The van der Waals surface area contributed by atoms with Crippen LogP contribution in [0.3, 0.4) is 0 Å². The van der Waals surface area contributed by atoms with E-state index in [2.05, 4.69) is 15.3 Å². The number of aromatic nitrogens is 2. The highest BCUT2D eigenvalue weighted by Crippen LogP contribution is 2.35. The minimum Gasteiger partial charge on any atom is -0.481 e. The average molecular weight is 292 g/mol. The van der Waals surface area contributed by atoms with Crippen LogP contribution < -0.4 is 5.32 Å². The maximum absolute atomic E-state index is 12.2. The molecule has 2 amide bonds. The highest BCUT2D eigenvalue weighted by Gasteiger charge is 2.42. The Balaban J connectivity index is 2.06. The number of amides is 2. The third-order valence-electron chi connectivity index (χ3n) is 3.83. The average Bonchev–Trinajstić information content (AvgIpc) is 2.48. The molecule has 0 radical (unpaired) electrons. The minimum absolute atomic E-state index is 0.226. The van der Waals surface area contributed by atoms with E-state index in [9.17, 15) is 14.7 Å². The van der Waals surface area contributed by atoms with Crippen LogP contribution in [0.1, 0.15) is 32.6 Å². The number of carboxylic acids is 1. The molecule has 1 aliphatic heterocycles. The Hall–Kier alpha value is -2.18. The van der Waals surface area contributed by atoms with Gasteiger partial charge in [-0.3, -0.25) is 10.1 Å². The molecule has 0 aliphatic carbocycles. The number of aliphatic carboxylic acids is 1. The number of nitrogens with one attached hydrogen (secondary N) is 1. The molecule has 1 aliphatic rings. The fourth-order valence-corrected chi connectivity index (χ4v) is 2.81. The number of carbonyl (C=O) groups is 2. The third-order valence-corrected chi connectivity index (χ3v) is 3.83. The Kier molecular flexibility index (Phi) is 4.72. The summed E-state index contributed by atoms with van der Waals surface area (Å²) in [6.45, 7) is 2.74. The second-order valence-electron chi connectivity index (χ2n) is 5.36. The number of urea groups is 1. The second kappa shape index (κ2) is 6.51. The summed E-state index contributed by atoms with van der Waals surface area (Å²) in [6.07, 6.45) is 5.74. The summed E-state index contributed by atoms with van der Waals surface area (Å²) in [4.78, 5) is 33.2. The molecule has 0 aromatic carbocycles. The van der Waals surface area contributed by atoms with E-state index in [-0.39, 0.29) is 18.5 Å². The summed E-state index contributed by atoms with van der Waals surface area (Å²) in [7, 11) is 0. The quantitative estimate of drug-likeness (QED) is 0.884. The SMILES string of the molecule is CCCC1(C(=O)O)CCCN(C(=O)Nc2ncccn2)C1. The van der Waals surface area contributed by atoms with Crippen molar-refractivity contribution in [1.82, 2.24) is 14.9 Å². The summed E-state index contributed by atoms with van der Waals surface area (Å²) >= 11 is 0. The van der Waals surface area contributed by atoms with E-state index >= 15 is 0 Å². The summed E-state index contributed by atoms with van der Waals surface area (Å²) in [5.41, 5.74) is -0.831. The van der Waals surface area contributed by atoms with Crippen LogP contribution in [0, 0.1) is 5.41 Å². The van der Waals surface area contributed by atoms with Crippen molar-refractivity contribution < 1.29 is 14.7 Å². The van der Waals surface area contributed by atoms with Gasteiger partial charge in [-0.2, -0.15) is 0 Å². The molecule has 7 nitrogen and oxygen atoms in total. The van der Waals surface area contributed by atoms with E-state index in [1.54, 1.807) is 11.0 Å². The van der Waals surface area contributed by atoms with E-state index < -0.39 is 11.4 Å². The number of carboxylic acid groups (broad SMARTS) is 1. The minimum atomic E-state index is -0.831. The monoisotopic (exact) mass is 292 g/mol. The van der Waals surface area contributed by atoms with E-state index in [1.165, 1.54) is 12.4 Å². The molecule has 1 saturated heterocycles. The molecule has 2 rings (SSSR count). The van der Waals surface area contributed by atoms with Gasteiger partial charge in [0.05, 0.1) is 5.41 Å². The van der Waals surface area contributed by atoms with E-state index in [0.29, 0.717) is 25.8 Å². The topological polar surface area (TPSA) is 95.4 Å². The van der Waals surface area contributed by atoms with Crippen molar-refractivity contribution >= 4 is 17.9 Å². The fraction of sp³-hybridized carbons (Fsp3) is 0.571. The molecule has 114 valence electrons. The molecular formula is C14H20N4O3. The van der Waals surface area contributed by atoms with Crippen LogP contribution >= 0.6 is 0 Å². The lowest BCUT2D eigenvalue weighted by atomic mass is 9.76.